The zero-order chi connectivity index (χ0) is 14.9. The van der Waals surface area contributed by atoms with Crippen molar-refractivity contribution in [3.63, 3.8) is 0 Å². The molecule has 0 aromatic carbocycles. The maximum absolute atomic E-state index is 12.0. The van der Waals surface area contributed by atoms with E-state index in [1.807, 2.05) is 6.92 Å². The molecule has 0 aliphatic heterocycles. The minimum absolute atomic E-state index is 0.183. The molecule has 0 amide bonds. The van der Waals surface area contributed by atoms with Crippen molar-refractivity contribution in [2.24, 2.45) is 7.05 Å². The van der Waals surface area contributed by atoms with Gasteiger partial charge in [0.05, 0.1) is 23.0 Å². The third-order valence-electron chi connectivity index (χ3n) is 3.07. The van der Waals surface area contributed by atoms with E-state index in [1.54, 1.807) is 11.7 Å². The van der Waals surface area contributed by atoms with E-state index in [-0.39, 0.29) is 12.1 Å². The summed E-state index contributed by atoms with van der Waals surface area (Å²) in [5, 5.41) is 13.7. The van der Waals surface area contributed by atoms with Gasteiger partial charge in [-0.3, -0.25) is 9.48 Å². The van der Waals surface area contributed by atoms with Crippen molar-refractivity contribution >= 4 is 17.6 Å². The fourth-order valence-electron chi connectivity index (χ4n) is 1.98. The van der Waals surface area contributed by atoms with E-state index in [2.05, 4.69) is 5.10 Å². The summed E-state index contributed by atoms with van der Waals surface area (Å²) < 4.78 is 2.92. The van der Waals surface area contributed by atoms with E-state index < -0.39 is 11.5 Å². The molecule has 2 aromatic rings. The van der Waals surface area contributed by atoms with Gasteiger partial charge in [-0.1, -0.05) is 18.5 Å². The van der Waals surface area contributed by atoms with Crippen LogP contribution >= 0.6 is 11.6 Å². The number of carboxylic acids is 1. The molecule has 0 bridgehead atoms. The molecule has 106 valence electrons. The predicted molar refractivity (Wildman–Crippen MR) is 74.4 cm³/mol. The zero-order valence-corrected chi connectivity index (χ0v) is 11.9. The second-order valence-electron chi connectivity index (χ2n) is 4.34. The Kier molecular flexibility index (Phi) is 3.94. The topological polar surface area (TPSA) is 77.1 Å². The van der Waals surface area contributed by atoms with Crippen molar-refractivity contribution in [1.82, 2.24) is 14.3 Å². The number of pyridine rings is 1. The van der Waals surface area contributed by atoms with Crippen LogP contribution in [0.5, 0.6) is 0 Å². The lowest BCUT2D eigenvalue weighted by atomic mass is 10.2. The minimum atomic E-state index is -1.24. The molecule has 7 heteroatoms. The Balaban J connectivity index is 2.46. The summed E-state index contributed by atoms with van der Waals surface area (Å²) in [5.41, 5.74) is 0.608. The smallest absolute Gasteiger partial charge is 0.341 e. The summed E-state index contributed by atoms with van der Waals surface area (Å²) in [5.74, 6) is -1.24. The lowest BCUT2D eigenvalue weighted by molar-refractivity contribution is 0.0694. The Morgan fingerprint density at radius 1 is 1.50 bits per heavy atom. The van der Waals surface area contributed by atoms with Gasteiger partial charge >= 0.3 is 5.97 Å². The molecule has 1 N–H and O–H groups in total. The monoisotopic (exact) mass is 295 g/mol. The lowest BCUT2D eigenvalue weighted by Gasteiger charge is -2.07. The third-order valence-corrected chi connectivity index (χ3v) is 3.51. The van der Waals surface area contributed by atoms with E-state index >= 15 is 0 Å². The number of halogens is 1. The van der Waals surface area contributed by atoms with Crippen molar-refractivity contribution in [2.45, 2.75) is 19.9 Å². The van der Waals surface area contributed by atoms with E-state index in [1.165, 1.54) is 22.9 Å². The van der Waals surface area contributed by atoms with Gasteiger partial charge in [0.25, 0.3) is 5.56 Å². The number of nitrogens with zero attached hydrogens (tertiary/aromatic N) is 3. The van der Waals surface area contributed by atoms with Gasteiger partial charge in [-0.05, 0) is 18.6 Å². The second-order valence-corrected chi connectivity index (χ2v) is 4.72. The van der Waals surface area contributed by atoms with E-state index in [0.29, 0.717) is 17.1 Å². The van der Waals surface area contributed by atoms with Gasteiger partial charge in [-0.15, -0.1) is 0 Å². The van der Waals surface area contributed by atoms with Gasteiger partial charge in [-0.2, -0.15) is 5.10 Å². The molecule has 20 heavy (non-hydrogen) atoms. The summed E-state index contributed by atoms with van der Waals surface area (Å²) in [7, 11) is 1.74. The van der Waals surface area contributed by atoms with Crippen LogP contribution in [0.4, 0.5) is 0 Å². The van der Waals surface area contributed by atoms with Crippen molar-refractivity contribution in [3.8, 4) is 0 Å². The van der Waals surface area contributed by atoms with Gasteiger partial charge in [-0.25, -0.2) is 4.79 Å². The lowest BCUT2D eigenvalue weighted by Crippen LogP contribution is -2.26. The van der Waals surface area contributed by atoms with E-state index in [9.17, 15) is 9.59 Å². The van der Waals surface area contributed by atoms with Crippen molar-refractivity contribution < 1.29 is 9.90 Å². The summed E-state index contributed by atoms with van der Waals surface area (Å²) >= 11 is 6.22. The molecule has 0 atom stereocenters. The van der Waals surface area contributed by atoms with Crippen molar-refractivity contribution in [1.29, 1.82) is 0 Å². The number of hydrogen-bond donors (Lipinski definition) is 1. The number of carbonyl (C=O) groups is 1. The molecule has 0 radical (unpaired) electrons. The highest BCUT2D eigenvalue weighted by atomic mass is 35.5. The van der Waals surface area contributed by atoms with Gasteiger partial charge in [0, 0.05) is 13.2 Å². The Labute approximate surface area is 120 Å². The van der Waals surface area contributed by atoms with Crippen LogP contribution in [0.25, 0.3) is 0 Å². The highest BCUT2D eigenvalue weighted by molar-refractivity contribution is 6.31. The summed E-state index contributed by atoms with van der Waals surface area (Å²) in [6.07, 6.45) is 2.22. The first-order valence-electron chi connectivity index (χ1n) is 6.08. The first-order chi connectivity index (χ1) is 9.45. The van der Waals surface area contributed by atoms with Gasteiger partial charge < -0.3 is 9.67 Å². The second kappa shape index (κ2) is 5.50. The van der Waals surface area contributed by atoms with Gasteiger partial charge in [0.2, 0.25) is 0 Å². The molecule has 0 saturated carbocycles. The number of aryl methyl sites for hydroxylation is 2. The number of aromatic carboxylic acids is 1. The number of aromatic nitrogens is 3. The van der Waals surface area contributed by atoms with Crippen LogP contribution in [0.15, 0.2) is 23.1 Å². The van der Waals surface area contributed by atoms with Gasteiger partial charge in [0.15, 0.2) is 0 Å². The molecule has 0 spiro atoms. The molecule has 0 aliphatic carbocycles. The summed E-state index contributed by atoms with van der Waals surface area (Å²) in [6, 6.07) is 2.80. The quantitative estimate of drug-likeness (QED) is 0.928. The van der Waals surface area contributed by atoms with Crippen LogP contribution in [0.3, 0.4) is 0 Å². The summed E-state index contributed by atoms with van der Waals surface area (Å²) in [6.45, 7) is 2.12. The minimum Gasteiger partial charge on any atom is -0.477 e. The first-order valence-corrected chi connectivity index (χ1v) is 6.46. The fraction of sp³-hybridized carbons (Fsp3) is 0.308. The van der Waals surface area contributed by atoms with Crippen LogP contribution < -0.4 is 5.56 Å². The molecule has 0 aliphatic rings. The summed E-state index contributed by atoms with van der Waals surface area (Å²) in [4.78, 5) is 23.0. The van der Waals surface area contributed by atoms with E-state index in [4.69, 9.17) is 16.7 Å². The molecule has 6 nitrogen and oxygen atoms in total. The Bertz CT molecular complexity index is 718. The van der Waals surface area contributed by atoms with Crippen LogP contribution in [-0.2, 0) is 20.0 Å². The van der Waals surface area contributed by atoms with Crippen molar-refractivity contribution in [3.05, 3.63) is 50.7 Å². The van der Waals surface area contributed by atoms with Crippen molar-refractivity contribution in [2.75, 3.05) is 0 Å². The Hall–Kier alpha value is -2.08. The maximum Gasteiger partial charge on any atom is 0.341 e. The average molecular weight is 296 g/mol. The Morgan fingerprint density at radius 2 is 2.20 bits per heavy atom. The molecule has 2 aromatic heterocycles. The zero-order valence-electron chi connectivity index (χ0n) is 11.1. The number of carboxylic acid groups (broad SMARTS) is 1. The number of hydrogen-bond acceptors (Lipinski definition) is 3. The molecule has 2 heterocycles. The molecule has 0 saturated heterocycles. The van der Waals surface area contributed by atoms with Crippen LogP contribution in [0.1, 0.15) is 28.7 Å². The average Bonchev–Trinajstić information content (AvgIpc) is 2.68. The number of rotatable bonds is 4. The van der Waals surface area contributed by atoms with Crippen LogP contribution in [-0.4, -0.2) is 25.4 Å². The molecular weight excluding hydrogens is 282 g/mol. The van der Waals surface area contributed by atoms with Crippen LogP contribution in [0, 0.1) is 0 Å². The predicted octanol–water partition coefficient (Wildman–Crippen LogP) is 1.54. The highest BCUT2D eigenvalue weighted by Gasteiger charge is 2.16. The third kappa shape index (κ3) is 2.46. The highest BCUT2D eigenvalue weighted by Crippen LogP contribution is 2.21. The standard InChI is InChI=1S/C13H14ClN3O3/c1-3-9-11(14)10(16(2)15-9)7-17-6-4-5-8(12(17)18)13(19)20/h4-6H,3,7H2,1-2H3,(H,19,20). The molecule has 0 fully saturated rings. The van der Waals surface area contributed by atoms with Gasteiger partial charge in [0.1, 0.15) is 5.56 Å². The largest absolute Gasteiger partial charge is 0.477 e. The fourth-order valence-corrected chi connectivity index (χ4v) is 2.33. The molecular formula is C13H14ClN3O3. The maximum atomic E-state index is 12.0. The molecule has 0 unspecified atom stereocenters. The SMILES string of the molecule is CCc1nn(C)c(Cn2cccc(C(=O)O)c2=O)c1Cl. The first kappa shape index (κ1) is 14.3. The molecule has 2 rings (SSSR count). The normalized spacial score (nSPS) is 10.8. The van der Waals surface area contributed by atoms with Crippen LogP contribution in [0.2, 0.25) is 5.02 Å². The Morgan fingerprint density at radius 3 is 2.75 bits per heavy atom. The van der Waals surface area contributed by atoms with E-state index in [0.717, 1.165) is 5.69 Å².